The Bertz CT molecular complexity index is 742. The molecule has 0 heterocycles. The van der Waals surface area contributed by atoms with Gasteiger partial charge in [0.25, 0.3) is 0 Å². The van der Waals surface area contributed by atoms with Gasteiger partial charge in [-0.1, -0.05) is 66.7 Å². The number of hydrogen-bond acceptors (Lipinski definition) is 2. The van der Waals surface area contributed by atoms with Gasteiger partial charge in [0.15, 0.2) is 0 Å². The van der Waals surface area contributed by atoms with Gasteiger partial charge in [-0.05, 0) is 23.4 Å². The van der Waals surface area contributed by atoms with E-state index in [2.05, 4.69) is 0 Å². The summed E-state index contributed by atoms with van der Waals surface area (Å²) in [4.78, 5) is 12.0. The Balaban J connectivity index is 1.69. The van der Waals surface area contributed by atoms with Crippen LogP contribution in [0.5, 0.6) is 5.75 Å². The summed E-state index contributed by atoms with van der Waals surface area (Å²) < 4.78 is 5.51. The number of benzene rings is 3. The fraction of sp³-hybridized carbons (Fsp3) is 0.105. The molecule has 0 unspecified atom stereocenters. The van der Waals surface area contributed by atoms with Crippen LogP contribution in [-0.4, -0.2) is 5.97 Å². The average molecular weight is 276 g/mol. The fourth-order valence-corrected chi connectivity index (χ4v) is 2.35. The molecule has 0 amide bonds. The van der Waals surface area contributed by atoms with Crippen LogP contribution in [0, 0.1) is 0 Å². The first kappa shape index (κ1) is 13.4. The average Bonchev–Trinajstić information content (AvgIpc) is 2.54. The van der Waals surface area contributed by atoms with Crippen molar-refractivity contribution in [3.8, 4) is 5.75 Å². The molecule has 0 aromatic heterocycles. The summed E-state index contributed by atoms with van der Waals surface area (Å²) in [5.41, 5.74) is 1.15. The number of carbonyl (C=O) groups is 1. The van der Waals surface area contributed by atoms with Crippen LogP contribution in [0.2, 0.25) is 0 Å². The van der Waals surface area contributed by atoms with E-state index in [0.29, 0.717) is 18.6 Å². The predicted molar refractivity (Wildman–Crippen MR) is 84.3 cm³/mol. The van der Waals surface area contributed by atoms with Crippen molar-refractivity contribution in [2.45, 2.75) is 12.8 Å². The molecule has 0 radical (unpaired) electrons. The molecular formula is C19H16O2. The standard InChI is InChI=1S/C19H16O2/c20-19(14-13-15-7-2-1-3-8-15)21-18-12-6-10-16-9-4-5-11-17(16)18/h1-12H,13-14H2. The third-order valence-electron chi connectivity index (χ3n) is 3.43. The molecule has 0 N–H and O–H groups in total. The van der Waals surface area contributed by atoms with Gasteiger partial charge in [-0.15, -0.1) is 0 Å². The monoisotopic (exact) mass is 276 g/mol. The Labute approximate surface area is 124 Å². The zero-order valence-electron chi connectivity index (χ0n) is 11.7. The van der Waals surface area contributed by atoms with E-state index < -0.39 is 0 Å². The number of hydrogen-bond donors (Lipinski definition) is 0. The molecule has 3 aromatic rings. The zero-order chi connectivity index (χ0) is 14.5. The third kappa shape index (κ3) is 3.29. The maximum absolute atomic E-state index is 12.0. The molecule has 3 rings (SSSR count). The van der Waals surface area contributed by atoms with Gasteiger partial charge < -0.3 is 4.74 Å². The van der Waals surface area contributed by atoms with Gasteiger partial charge in [0, 0.05) is 11.8 Å². The summed E-state index contributed by atoms with van der Waals surface area (Å²) in [6.45, 7) is 0. The van der Waals surface area contributed by atoms with E-state index in [1.807, 2.05) is 72.8 Å². The Kier molecular flexibility index (Phi) is 3.97. The summed E-state index contributed by atoms with van der Waals surface area (Å²) in [6, 6.07) is 23.6. The number of ether oxygens (including phenoxy) is 1. The van der Waals surface area contributed by atoms with Gasteiger partial charge in [-0.2, -0.15) is 0 Å². The Morgan fingerprint density at radius 3 is 2.38 bits per heavy atom. The summed E-state index contributed by atoms with van der Waals surface area (Å²) in [7, 11) is 0. The maximum Gasteiger partial charge on any atom is 0.311 e. The van der Waals surface area contributed by atoms with Crippen LogP contribution < -0.4 is 4.74 Å². The second kappa shape index (κ2) is 6.23. The summed E-state index contributed by atoms with van der Waals surface area (Å²) in [6.07, 6.45) is 1.08. The molecule has 0 spiro atoms. The minimum atomic E-state index is -0.199. The van der Waals surface area contributed by atoms with Crippen molar-refractivity contribution in [3.05, 3.63) is 78.4 Å². The maximum atomic E-state index is 12.0. The Morgan fingerprint density at radius 2 is 1.52 bits per heavy atom. The van der Waals surface area contributed by atoms with Gasteiger partial charge in [0.2, 0.25) is 0 Å². The lowest BCUT2D eigenvalue weighted by Gasteiger charge is -2.07. The largest absolute Gasteiger partial charge is 0.426 e. The van der Waals surface area contributed by atoms with Gasteiger partial charge >= 0.3 is 5.97 Å². The highest BCUT2D eigenvalue weighted by atomic mass is 16.5. The lowest BCUT2D eigenvalue weighted by molar-refractivity contribution is -0.134. The topological polar surface area (TPSA) is 26.3 Å². The Morgan fingerprint density at radius 1 is 0.810 bits per heavy atom. The first-order valence-electron chi connectivity index (χ1n) is 7.05. The zero-order valence-corrected chi connectivity index (χ0v) is 11.7. The van der Waals surface area contributed by atoms with Gasteiger partial charge in [0.05, 0.1) is 0 Å². The van der Waals surface area contributed by atoms with E-state index in [-0.39, 0.29) is 5.97 Å². The van der Waals surface area contributed by atoms with E-state index in [0.717, 1.165) is 16.3 Å². The number of fused-ring (bicyclic) bond motifs is 1. The van der Waals surface area contributed by atoms with E-state index >= 15 is 0 Å². The molecular weight excluding hydrogens is 260 g/mol. The van der Waals surface area contributed by atoms with Gasteiger partial charge in [0.1, 0.15) is 5.75 Å². The molecule has 0 aliphatic heterocycles. The molecule has 3 aromatic carbocycles. The highest BCUT2D eigenvalue weighted by molar-refractivity contribution is 5.90. The molecule has 0 saturated carbocycles. The van der Waals surface area contributed by atoms with Crippen molar-refractivity contribution in [1.82, 2.24) is 0 Å². The van der Waals surface area contributed by atoms with E-state index in [4.69, 9.17) is 4.74 Å². The normalized spacial score (nSPS) is 10.5. The van der Waals surface area contributed by atoms with Crippen LogP contribution in [0.4, 0.5) is 0 Å². The van der Waals surface area contributed by atoms with Crippen LogP contribution in [-0.2, 0) is 11.2 Å². The van der Waals surface area contributed by atoms with Crippen LogP contribution >= 0.6 is 0 Å². The van der Waals surface area contributed by atoms with Crippen molar-refractivity contribution < 1.29 is 9.53 Å². The van der Waals surface area contributed by atoms with Crippen molar-refractivity contribution >= 4 is 16.7 Å². The Hall–Kier alpha value is -2.61. The first-order valence-corrected chi connectivity index (χ1v) is 7.05. The number of carbonyl (C=O) groups excluding carboxylic acids is 1. The van der Waals surface area contributed by atoms with Gasteiger partial charge in [-0.25, -0.2) is 0 Å². The molecule has 0 bridgehead atoms. The smallest absolute Gasteiger partial charge is 0.311 e. The summed E-state index contributed by atoms with van der Waals surface area (Å²) in [5.74, 6) is 0.432. The predicted octanol–water partition coefficient (Wildman–Crippen LogP) is 4.38. The molecule has 0 saturated heterocycles. The quantitative estimate of drug-likeness (QED) is 0.522. The molecule has 2 heteroatoms. The van der Waals surface area contributed by atoms with Crippen LogP contribution in [0.1, 0.15) is 12.0 Å². The lowest BCUT2D eigenvalue weighted by Crippen LogP contribution is -2.09. The van der Waals surface area contributed by atoms with Crippen molar-refractivity contribution in [1.29, 1.82) is 0 Å². The van der Waals surface area contributed by atoms with E-state index in [1.54, 1.807) is 0 Å². The lowest BCUT2D eigenvalue weighted by atomic mass is 10.1. The second-order valence-electron chi connectivity index (χ2n) is 4.94. The number of rotatable bonds is 4. The van der Waals surface area contributed by atoms with Crippen LogP contribution in [0.25, 0.3) is 10.8 Å². The molecule has 0 aliphatic carbocycles. The van der Waals surface area contributed by atoms with E-state index in [9.17, 15) is 4.79 Å². The first-order chi connectivity index (χ1) is 10.3. The fourth-order valence-electron chi connectivity index (χ4n) is 2.35. The van der Waals surface area contributed by atoms with E-state index in [1.165, 1.54) is 0 Å². The molecule has 2 nitrogen and oxygen atoms in total. The number of aryl methyl sites for hydroxylation is 1. The molecule has 21 heavy (non-hydrogen) atoms. The SMILES string of the molecule is O=C(CCc1ccccc1)Oc1cccc2ccccc12. The molecule has 0 fully saturated rings. The van der Waals surface area contributed by atoms with Crippen molar-refractivity contribution in [3.63, 3.8) is 0 Å². The molecule has 104 valence electrons. The summed E-state index contributed by atoms with van der Waals surface area (Å²) >= 11 is 0. The van der Waals surface area contributed by atoms with Crippen molar-refractivity contribution in [2.75, 3.05) is 0 Å². The molecule has 0 aliphatic rings. The van der Waals surface area contributed by atoms with Gasteiger partial charge in [-0.3, -0.25) is 4.79 Å². The summed E-state index contributed by atoms with van der Waals surface area (Å²) in [5, 5.41) is 2.04. The van der Waals surface area contributed by atoms with Crippen LogP contribution in [0.3, 0.4) is 0 Å². The van der Waals surface area contributed by atoms with Crippen LogP contribution in [0.15, 0.2) is 72.8 Å². The third-order valence-corrected chi connectivity index (χ3v) is 3.43. The number of esters is 1. The molecule has 0 atom stereocenters. The van der Waals surface area contributed by atoms with Crippen molar-refractivity contribution in [2.24, 2.45) is 0 Å². The second-order valence-corrected chi connectivity index (χ2v) is 4.94. The minimum absolute atomic E-state index is 0.199. The minimum Gasteiger partial charge on any atom is -0.426 e. The highest BCUT2D eigenvalue weighted by Gasteiger charge is 2.08. The highest BCUT2D eigenvalue weighted by Crippen LogP contribution is 2.25.